The van der Waals surface area contributed by atoms with Crippen molar-refractivity contribution in [1.82, 2.24) is 9.97 Å². The summed E-state index contributed by atoms with van der Waals surface area (Å²) in [5.74, 6) is -1.97. The highest BCUT2D eigenvalue weighted by molar-refractivity contribution is 6.01. The molecule has 2 saturated heterocycles. The van der Waals surface area contributed by atoms with Crippen molar-refractivity contribution in [2.75, 3.05) is 27.0 Å². The van der Waals surface area contributed by atoms with Crippen molar-refractivity contribution in [3.63, 3.8) is 0 Å². The quantitative estimate of drug-likeness (QED) is 0.218. The number of fused-ring (bicyclic) bond motifs is 1. The second kappa shape index (κ2) is 12.0. The molecule has 7 N–H and O–H groups in total. The van der Waals surface area contributed by atoms with Crippen LogP contribution in [0.5, 0.6) is 0 Å². The Morgan fingerprint density at radius 2 is 1.64 bits per heavy atom. The number of carbonyl (C=O) groups is 3. The Labute approximate surface area is 241 Å². The monoisotopic (exact) mass is 577 g/mol. The molecule has 2 fully saturated rings. The SMILES string of the molecule is CC1(C)OC2C(CCC(=O)Nc3cccc(C(=O)O)c3)OC(Nc3ncnc(NC(=O)Nc4ccccc4)c3N)C2O1. The summed E-state index contributed by atoms with van der Waals surface area (Å²) in [5.41, 5.74) is 7.42. The first kappa shape index (κ1) is 28.7. The lowest BCUT2D eigenvalue weighted by molar-refractivity contribution is -0.184. The summed E-state index contributed by atoms with van der Waals surface area (Å²) in [6, 6.07) is 14.4. The number of carboxylic acids is 1. The number of anilines is 5. The molecule has 14 nitrogen and oxygen atoms in total. The van der Waals surface area contributed by atoms with Crippen LogP contribution >= 0.6 is 0 Å². The Morgan fingerprint density at radius 3 is 2.40 bits per heavy atom. The molecule has 14 heteroatoms. The van der Waals surface area contributed by atoms with E-state index in [1.54, 1.807) is 50.2 Å². The number of para-hydroxylation sites is 1. The molecule has 1 aromatic heterocycles. The van der Waals surface area contributed by atoms with Gasteiger partial charge in [-0.1, -0.05) is 24.3 Å². The molecular formula is C28H31N7O7. The average Bonchev–Trinajstić information content (AvgIpc) is 3.43. The Kier molecular flexibility index (Phi) is 8.20. The fraction of sp³-hybridized carbons (Fsp3) is 0.321. The van der Waals surface area contributed by atoms with E-state index >= 15 is 0 Å². The molecule has 42 heavy (non-hydrogen) atoms. The van der Waals surface area contributed by atoms with Gasteiger partial charge in [0.2, 0.25) is 5.91 Å². The van der Waals surface area contributed by atoms with Gasteiger partial charge >= 0.3 is 12.0 Å². The Hall–Kier alpha value is -4.79. The molecule has 0 aliphatic carbocycles. The summed E-state index contributed by atoms with van der Waals surface area (Å²) >= 11 is 0. The summed E-state index contributed by atoms with van der Waals surface area (Å²) in [6.07, 6.45) is -0.648. The summed E-state index contributed by atoms with van der Waals surface area (Å²) in [7, 11) is 0. The van der Waals surface area contributed by atoms with Crippen LogP contribution in [0, 0.1) is 0 Å². The summed E-state index contributed by atoms with van der Waals surface area (Å²) < 4.78 is 18.4. The zero-order valence-corrected chi connectivity index (χ0v) is 22.9. The maximum Gasteiger partial charge on any atom is 0.335 e. The van der Waals surface area contributed by atoms with Gasteiger partial charge in [-0.05, 0) is 50.6 Å². The van der Waals surface area contributed by atoms with E-state index in [4.69, 9.17) is 19.9 Å². The van der Waals surface area contributed by atoms with Crippen molar-refractivity contribution < 1.29 is 33.7 Å². The lowest BCUT2D eigenvalue weighted by atomic mass is 10.1. The molecule has 2 aliphatic heterocycles. The van der Waals surface area contributed by atoms with Crippen LogP contribution in [0.4, 0.5) is 33.5 Å². The molecule has 2 aliphatic rings. The molecule has 0 radical (unpaired) electrons. The third-order valence-electron chi connectivity index (χ3n) is 6.63. The van der Waals surface area contributed by atoms with E-state index in [1.165, 1.54) is 18.5 Å². The maximum absolute atomic E-state index is 12.7. The van der Waals surface area contributed by atoms with Gasteiger partial charge in [0.25, 0.3) is 0 Å². The number of urea groups is 1. The molecule has 0 spiro atoms. The Balaban J connectivity index is 1.22. The number of amides is 3. The molecule has 2 aromatic carbocycles. The van der Waals surface area contributed by atoms with E-state index in [-0.39, 0.29) is 35.2 Å². The fourth-order valence-electron chi connectivity index (χ4n) is 4.79. The average molecular weight is 578 g/mol. The van der Waals surface area contributed by atoms with E-state index in [0.29, 0.717) is 17.8 Å². The molecule has 5 rings (SSSR count). The largest absolute Gasteiger partial charge is 0.478 e. The number of carbonyl (C=O) groups excluding carboxylic acids is 2. The third-order valence-corrected chi connectivity index (χ3v) is 6.63. The molecule has 3 heterocycles. The van der Waals surface area contributed by atoms with E-state index in [2.05, 4.69) is 31.2 Å². The minimum atomic E-state index is -1.08. The highest BCUT2D eigenvalue weighted by Crippen LogP contribution is 2.41. The first-order chi connectivity index (χ1) is 20.1. The van der Waals surface area contributed by atoms with Crippen molar-refractivity contribution in [1.29, 1.82) is 0 Å². The van der Waals surface area contributed by atoms with Crippen LogP contribution in [0.1, 0.15) is 37.0 Å². The van der Waals surface area contributed by atoms with Crippen LogP contribution < -0.4 is 27.0 Å². The van der Waals surface area contributed by atoms with Gasteiger partial charge in [0.15, 0.2) is 23.7 Å². The van der Waals surface area contributed by atoms with Gasteiger partial charge in [-0.3, -0.25) is 10.1 Å². The normalized spacial score (nSPS) is 22.1. The molecule has 4 atom stereocenters. The maximum atomic E-state index is 12.7. The van der Waals surface area contributed by atoms with Crippen LogP contribution in [0.2, 0.25) is 0 Å². The fourth-order valence-corrected chi connectivity index (χ4v) is 4.79. The lowest BCUT2D eigenvalue weighted by Crippen LogP contribution is -2.35. The molecule has 4 unspecified atom stereocenters. The van der Waals surface area contributed by atoms with Crippen LogP contribution in [0.3, 0.4) is 0 Å². The zero-order valence-electron chi connectivity index (χ0n) is 22.9. The predicted molar refractivity (Wildman–Crippen MR) is 153 cm³/mol. The number of benzene rings is 2. The number of aromatic nitrogens is 2. The lowest BCUT2D eigenvalue weighted by Gasteiger charge is -2.25. The van der Waals surface area contributed by atoms with Crippen LogP contribution in [0.25, 0.3) is 0 Å². The van der Waals surface area contributed by atoms with Gasteiger partial charge < -0.3 is 41.0 Å². The van der Waals surface area contributed by atoms with Gasteiger partial charge in [0, 0.05) is 17.8 Å². The predicted octanol–water partition coefficient (Wildman–Crippen LogP) is 3.48. The van der Waals surface area contributed by atoms with E-state index in [0.717, 1.165) is 0 Å². The molecule has 0 saturated carbocycles. The molecule has 3 amide bonds. The van der Waals surface area contributed by atoms with Crippen molar-refractivity contribution in [2.24, 2.45) is 0 Å². The smallest absolute Gasteiger partial charge is 0.335 e. The van der Waals surface area contributed by atoms with E-state index < -0.39 is 42.3 Å². The number of carboxylic acid groups (broad SMARTS) is 1. The van der Waals surface area contributed by atoms with Gasteiger partial charge in [-0.15, -0.1) is 0 Å². The summed E-state index contributed by atoms with van der Waals surface area (Å²) in [4.78, 5) is 44.6. The van der Waals surface area contributed by atoms with Gasteiger partial charge in [0.1, 0.15) is 24.2 Å². The topological polar surface area (TPSA) is 199 Å². The number of aromatic carboxylic acids is 1. The van der Waals surface area contributed by atoms with Crippen molar-refractivity contribution >= 4 is 46.6 Å². The highest BCUT2D eigenvalue weighted by Gasteiger charge is 2.55. The first-order valence-corrected chi connectivity index (χ1v) is 13.2. The minimum Gasteiger partial charge on any atom is -0.478 e. The third kappa shape index (κ3) is 6.74. The number of rotatable bonds is 9. The van der Waals surface area contributed by atoms with Crippen LogP contribution in [-0.2, 0) is 19.0 Å². The van der Waals surface area contributed by atoms with Crippen LogP contribution in [0.15, 0.2) is 60.9 Å². The number of hydrogen-bond acceptors (Lipinski definition) is 10. The van der Waals surface area contributed by atoms with Gasteiger partial charge in [-0.25, -0.2) is 19.6 Å². The summed E-state index contributed by atoms with van der Waals surface area (Å²) in [6.45, 7) is 3.57. The molecule has 0 bridgehead atoms. The number of nitrogens with zero attached hydrogens (tertiary/aromatic N) is 2. The highest BCUT2D eigenvalue weighted by atomic mass is 16.8. The molecule has 3 aromatic rings. The van der Waals surface area contributed by atoms with Crippen molar-refractivity contribution in [3.8, 4) is 0 Å². The standard InChI is InChI=1S/C28H31N7O7/c1-28(2)41-21-18(11-12-19(36)32-17-10-6-7-15(13-17)26(37)38)40-25(22(21)42-28)34-23-20(29)24(31-14-30-23)35-27(39)33-16-8-4-3-5-9-16/h3-10,13-14,18,21-22,25H,11-12,29H2,1-2H3,(H,32,36)(H,37,38)(H3,30,31,33,34,35,39). The zero-order chi connectivity index (χ0) is 29.9. The van der Waals surface area contributed by atoms with Crippen molar-refractivity contribution in [2.45, 2.75) is 57.0 Å². The van der Waals surface area contributed by atoms with Gasteiger partial charge in [0.05, 0.1) is 11.7 Å². The van der Waals surface area contributed by atoms with E-state index in [1.807, 2.05) is 6.07 Å². The van der Waals surface area contributed by atoms with Gasteiger partial charge in [-0.2, -0.15) is 0 Å². The molecule has 220 valence electrons. The first-order valence-electron chi connectivity index (χ1n) is 13.2. The van der Waals surface area contributed by atoms with Crippen molar-refractivity contribution in [3.05, 3.63) is 66.5 Å². The minimum absolute atomic E-state index is 0.0709. The number of nitrogens with one attached hydrogen (secondary N) is 4. The number of ether oxygens (including phenoxy) is 3. The summed E-state index contributed by atoms with van der Waals surface area (Å²) in [5, 5.41) is 20.3. The number of nitrogen functional groups attached to an aromatic ring is 1. The molecular weight excluding hydrogens is 546 g/mol. The number of hydrogen-bond donors (Lipinski definition) is 6. The van der Waals surface area contributed by atoms with E-state index in [9.17, 15) is 19.5 Å². The second-order valence-electron chi connectivity index (χ2n) is 10.2. The second-order valence-corrected chi connectivity index (χ2v) is 10.2. The Morgan fingerprint density at radius 1 is 0.929 bits per heavy atom. The number of nitrogens with two attached hydrogens (primary N) is 1. The van der Waals surface area contributed by atoms with Crippen LogP contribution in [-0.4, -0.2) is 63.3 Å². The Bertz CT molecular complexity index is 1470.